The zero-order valence-corrected chi connectivity index (χ0v) is 19.9. The average molecular weight is 453 g/mol. The predicted octanol–water partition coefficient (Wildman–Crippen LogP) is 2.78. The van der Waals surface area contributed by atoms with E-state index in [1.807, 2.05) is 59.1 Å². The van der Waals surface area contributed by atoms with E-state index >= 15 is 0 Å². The maximum Gasteiger partial charge on any atom is 0.413 e. The molecule has 1 aromatic carbocycles. The smallest absolute Gasteiger partial charge is 0.413 e. The van der Waals surface area contributed by atoms with E-state index in [9.17, 15) is 9.59 Å². The molecule has 2 unspecified atom stereocenters. The molecule has 1 heterocycles. The van der Waals surface area contributed by atoms with E-state index in [0.29, 0.717) is 37.8 Å². The fourth-order valence-electron chi connectivity index (χ4n) is 3.57. The van der Waals surface area contributed by atoms with Crippen LogP contribution in [0.15, 0.2) is 24.3 Å². The van der Waals surface area contributed by atoms with Crippen LogP contribution in [0.5, 0.6) is 11.5 Å². The van der Waals surface area contributed by atoms with Gasteiger partial charge in [-0.05, 0) is 39.1 Å². The molecule has 0 N–H and O–H groups in total. The summed E-state index contributed by atoms with van der Waals surface area (Å²) < 4.78 is 27.8. The minimum Gasteiger partial charge on any atom is -0.490 e. The highest BCUT2D eigenvalue weighted by Crippen LogP contribution is 2.26. The molecule has 9 nitrogen and oxygen atoms in total. The molecule has 1 saturated heterocycles. The summed E-state index contributed by atoms with van der Waals surface area (Å²) in [5.41, 5.74) is 0. The Kier molecular flexibility index (Phi) is 10.1. The number of morpholine rings is 1. The second-order valence-electron chi connectivity index (χ2n) is 8.17. The van der Waals surface area contributed by atoms with Crippen molar-refractivity contribution >= 4 is 12.1 Å². The minimum absolute atomic E-state index is 0.0632. The van der Waals surface area contributed by atoms with Crippen molar-refractivity contribution in [3.8, 4) is 11.5 Å². The molecular formula is C23H36N2O7. The van der Waals surface area contributed by atoms with Gasteiger partial charge in [-0.3, -0.25) is 9.69 Å². The van der Waals surface area contributed by atoms with E-state index < -0.39 is 24.4 Å². The molecule has 0 aromatic heterocycles. The van der Waals surface area contributed by atoms with Crippen LogP contribution in [0.25, 0.3) is 0 Å². The van der Waals surface area contributed by atoms with Gasteiger partial charge in [0.05, 0.1) is 19.8 Å². The number of ether oxygens (including phenoxy) is 5. The van der Waals surface area contributed by atoms with Crippen LogP contribution in [0.3, 0.4) is 0 Å². The van der Waals surface area contributed by atoms with Gasteiger partial charge in [0.2, 0.25) is 6.29 Å². The maximum absolute atomic E-state index is 12.6. The molecule has 1 aliphatic heterocycles. The Morgan fingerprint density at radius 2 is 1.78 bits per heavy atom. The molecule has 32 heavy (non-hydrogen) atoms. The van der Waals surface area contributed by atoms with Crippen LogP contribution in [0.1, 0.15) is 27.7 Å². The third-order valence-electron chi connectivity index (χ3n) is 4.95. The van der Waals surface area contributed by atoms with Crippen molar-refractivity contribution in [2.24, 2.45) is 5.92 Å². The molecule has 0 bridgehead atoms. The Labute approximate surface area is 190 Å². The average Bonchev–Trinajstić information content (AvgIpc) is 2.72. The summed E-state index contributed by atoms with van der Waals surface area (Å²) in [5, 5.41) is 0. The van der Waals surface area contributed by atoms with Crippen LogP contribution < -0.4 is 9.47 Å². The number of hydrogen-bond acceptors (Lipinski definition) is 8. The number of hydrogen-bond donors (Lipinski definition) is 0. The second kappa shape index (κ2) is 12.5. The first-order chi connectivity index (χ1) is 15.2. The summed E-state index contributed by atoms with van der Waals surface area (Å²) in [6.45, 7) is 9.17. The number of likely N-dealkylation sites (N-methyl/N-ethyl adjacent to an activating group) is 1. The number of nitrogens with zero attached hydrogens (tertiary/aromatic N) is 2. The van der Waals surface area contributed by atoms with Crippen molar-refractivity contribution in [2.45, 2.75) is 46.1 Å². The SMILES string of the molecule is CCOc1ccccc1OCC1CN(C(=O)OC(C)OC(=O)[C@H](C(C)C)N(C)C)CCO1. The number of para-hydroxylation sites is 2. The number of carbonyl (C=O) groups excluding carboxylic acids is 2. The highest BCUT2D eigenvalue weighted by atomic mass is 16.7. The Morgan fingerprint density at radius 1 is 1.12 bits per heavy atom. The van der Waals surface area contributed by atoms with Gasteiger partial charge < -0.3 is 28.6 Å². The summed E-state index contributed by atoms with van der Waals surface area (Å²) in [7, 11) is 3.62. The van der Waals surface area contributed by atoms with Gasteiger partial charge in [-0.2, -0.15) is 0 Å². The third kappa shape index (κ3) is 7.56. The summed E-state index contributed by atoms with van der Waals surface area (Å²) >= 11 is 0. The lowest BCUT2D eigenvalue weighted by atomic mass is 10.0. The number of rotatable bonds is 10. The van der Waals surface area contributed by atoms with E-state index in [-0.39, 0.29) is 18.6 Å². The summed E-state index contributed by atoms with van der Waals surface area (Å²) in [5.74, 6) is 0.925. The quantitative estimate of drug-likeness (QED) is 0.396. The van der Waals surface area contributed by atoms with Crippen LogP contribution in [-0.4, -0.2) is 87.3 Å². The first kappa shape index (κ1) is 25.7. The number of carbonyl (C=O) groups is 2. The van der Waals surface area contributed by atoms with Gasteiger partial charge in [0.25, 0.3) is 0 Å². The monoisotopic (exact) mass is 452 g/mol. The van der Waals surface area contributed by atoms with Crippen LogP contribution >= 0.6 is 0 Å². The van der Waals surface area contributed by atoms with Gasteiger partial charge in [-0.1, -0.05) is 26.0 Å². The van der Waals surface area contributed by atoms with Crippen molar-refractivity contribution in [3.05, 3.63) is 24.3 Å². The standard InChI is InChI=1S/C23H36N2O7/c1-7-28-19-10-8-9-11-20(19)30-15-18-14-25(12-13-29-18)23(27)32-17(4)31-22(26)21(16(2)3)24(5)6/h8-11,16-18,21H,7,12-15H2,1-6H3/t17?,18?,21-/m0/s1. The molecular weight excluding hydrogens is 416 g/mol. The normalized spacial score (nSPS) is 18.2. The van der Waals surface area contributed by atoms with Crippen LogP contribution in [0, 0.1) is 5.92 Å². The number of benzene rings is 1. The van der Waals surface area contributed by atoms with Gasteiger partial charge in [0.1, 0.15) is 18.8 Å². The molecule has 0 aliphatic carbocycles. The highest BCUT2D eigenvalue weighted by Gasteiger charge is 2.30. The van der Waals surface area contributed by atoms with Crippen LogP contribution in [0.4, 0.5) is 4.79 Å². The number of esters is 1. The summed E-state index contributed by atoms with van der Waals surface area (Å²) in [6, 6.07) is 7.00. The Bertz CT molecular complexity index is 733. The topological polar surface area (TPSA) is 86.8 Å². The van der Waals surface area contributed by atoms with Crippen molar-refractivity contribution in [3.63, 3.8) is 0 Å². The summed E-state index contributed by atoms with van der Waals surface area (Å²) in [6.07, 6.45) is -1.87. The first-order valence-corrected chi connectivity index (χ1v) is 11.0. The molecule has 1 fully saturated rings. The van der Waals surface area contributed by atoms with Gasteiger partial charge in [-0.15, -0.1) is 0 Å². The first-order valence-electron chi connectivity index (χ1n) is 11.0. The number of amides is 1. The van der Waals surface area contributed by atoms with E-state index in [1.54, 1.807) is 4.90 Å². The minimum atomic E-state index is -0.994. The lowest BCUT2D eigenvalue weighted by Crippen LogP contribution is -2.49. The molecule has 180 valence electrons. The molecule has 0 saturated carbocycles. The van der Waals surface area contributed by atoms with E-state index in [4.69, 9.17) is 23.7 Å². The lowest BCUT2D eigenvalue weighted by molar-refractivity contribution is -0.174. The van der Waals surface area contributed by atoms with Gasteiger partial charge in [0.15, 0.2) is 11.5 Å². The van der Waals surface area contributed by atoms with Gasteiger partial charge >= 0.3 is 12.1 Å². The van der Waals surface area contributed by atoms with Crippen LogP contribution in [-0.2, 0) is 19.0 Å². The molecule has 0 spiro atoms. The largest absolute Gasteiger partial charge is 0.490 e. The Balaban J connectivity index is 1.85. The fraction of sp³-hybridized carbons (Fsp3) is 0.652. The van der Waals surface area contributed by atoms with Crippen molar-refractivity contribution in [2.75, 3.05) is 47.0 Å². The van der Waals surface area contributed by atoms with E-state index in [2.05, 4.69) is 0 Å². The van der Waals surface area contributed by atoms with Gasteiger partial charge in [-0.25, -0.2) is 4.79 Å². The van der Waals surface area contributed by atoms with Crippen molar-refractivity contribution in [1.29, 1.82) is 0 Å². The maximum atomic E-state index is 12.6. The summed E-state index contributed by atoms with van der Waals surface area (Å²) in [4.78, 5) is 28.3. The zero-order valence-electron chi connectivity index (χ0n) is 19.9. The molecule has 9 heteroatoms. The molecule has 0 radical (unpaired) electrons. The molecule has 2 rings (SSSR count). The molecule has 3 atom stereocenters. The van der Waals surface area contributed by atoms with Gasteiger partial charge in [0, 0.05) is 13.5 Å². The van der Waals surface area contributed by atoms with Crippen LogP contribution in [0.2, 0.25) is 0 Å². The second-order valence-corrected chi connectivity index (χ2v) is 8.17. The molecule has 1 amide bonds. The van der Waals surface area contributed by atoms with E-state index in [1.165, 1.54) is 11.8 Å². The Hall–Kier alpha value is -2.52. The Morgan fingerprint density at radius 3 is 2.38 bits per heavy atom. The predicted molar refractivity (Wildman–Crippen MR) is 119 cm³/mol. The zero-order chi connectivity index (χ0) is 23.7. The van der Waals surface area contributed by atoms with E-state index in [0.717, 1.165) is 0 Å². The molecule has 1 aromatic rings. The fourth-order valence-corrected chi connectivity index (χ4v) is 3.57. The molecule has 1 aliphatic rings. The lowest BCUT2D eigenvalue weighted by Gasteiger charge is -2.33. The highest BCUT2D eigenvalue weighted by molar-refractivity contribution is 5.76. The van der Waals surface area contributed by atoms with Crippen molar-refractivity contribution < 1.29 is 33.3 Å². The third-order valence-corrected chi connectivity index (χ3v) is 4.95. The van der Waals surface area contributed by atoms with Crippen molar-refractivity contribution in [1.82, 2.24) is 9.80 Å².